The summed E-state index contributed by atoms with van der Waals surface area (Å²) in [5.74, 6) is 0.377. The van der Waals surface area contributed by atoms with Gasteiger partial charge in [-0.15, -0.1) is 0 Å². The first kappa shape index (κ1) is 16.2. The molecule has 2 aromatic rings. The Morgan fingerprint density at radius 2 is 2.00 bits per heavy atom. The number of nitrogens with zero attached hydrogens (tertiary/aromatic N) is 2. The molecule has 0 bridgehead atoms. The van der Waals surface area contributed by atoms with Gasteiger partial charge in [0.2, 0.25) is 5.56 Å². The minimum absolute atomic E-state index is 0.0143. The summed E-state index contributed by atoms with van der Waals surface area (Å²) in [4.78, 5) is 15.8. The average molecular weight is 321 g/mol. The highest BCUT2D eigenvalue weighted by molar-refractivity contribution is 7.90. The molecular weight excluding hydrogens is 302 g/mol. The quantitative estimate of drug-likeness (QED) is 0.782. The fraction of sp³-hybridized carbons (Fsp3) is 0.333. The minimum Gasteiger partial charge on any atom is -0.369 e. The van der Waals surface area contributed by atoms with Crippen LogP contribution in [0.25, 0.3) is 0 Å². The number of aryl methyl sites for hydroxylation is 1. The van der Waals surface area contributed by atoms with Gasteiger partial charge < -0.3 is 9.88 Å². The average Bonchev–Trinajstić information content (AvgIpc) is 2.48. The van der Waals surface area contributed by atoms with Gasteiger partial charge in [0, 0.05) is 37.8 Å². The second-order valence-corrected chi connectivity index (χ2v) is 6.97. The molecule has 2 rings (SSSR count). The maximum Gasteiger partial charge on any atom is 0.250 e. The molecule has 0 aliphatic heterocycles. The van der Waals surface area contributed by atoms with Gasteiger partial charge in [0.1, 0.15) is 10.7 Å². The van der Waals surface area contributed by atoms with Crippen molar-refractivity contribution >= 4 is 15.7 Å². The Labute approximate surface area is 129 Å². The molecule has 0 aliphatic rings. The van der Waals surface area contributed by atoms with Crippen LogP contribution in [-0.2, 0) is 16.4 Å². The topological polar surface area (TPSA) is 81.1 Å². The van der Waals surface area contributed by atoms with Gasteiger partial charge >= 0.3 is 0 Å². The monoisotopic (exact) mass is 321 g/mol. The van der Waals surface area contributed by atoms with Crippen LogP contribution >= 0.6 is 0 Å². The molecule has 0 radical (unpaired) electrons. The van der Waals surface area contributed by atoms with Crippen LogP contribution < -0.4 is 10.9 Å². The first-order valence-corrected chi connectivity index (χ1v) is 8.92. The van der Waals surface area contributed by atoms with Crippen molar-refractivity contribution in [1.82, 2.24) is 9.55 Å². The maximum absolute atomic E-state index is 11.6. The van der Waals surface area contributed by atoms with Crippen LogP contribution in [-0.4, -0.2) is 30.8 Å². The van der Waals surface area contributed by atoms with Crippen LogP contribution in [0.1, 0.15) is 12.8 Å². The van der Waals surface area contributed by atoms with Gasteiger partial charge in [0.25, 0.3) is 0 Å². The number of sulfone groups is 1. The fourth-order valence-corrected chi connectivity index (χ4v) is 2.88. The number of hydrogen-bond donors (Lipinski definition) is 1. The Hall–Kier alpha value is -2.15. The molecule has 0 atom stereocenters. The molecule has 7 heteroatoms. The smallest absolute Gasteiger partial charge is 0.250 e. The lowest BCUT2D eigenvalue weighted by Gasteiger charge is -2.09. The molecule has 0 aliphatic carbocycles. The number of aromatic nitrogens is 2. The van der Waals surface area contributed by atoms with Gasteiger partial charge in [-0.3, -0.25) is 4.79 Å². The number of pyridine rings is 2. The van der Waals surface area contributed by atoms with E-state index in [1.807, 2.05) is 6.07 Å². The van der Waals surface area contributed by atoms with Crippen molar-refractivity contribution < 1.29 is 8.42 Å². The highest BCUT2D eigenvalue weighted by atomic mass is 32.2. The van der Waals surface area contributed by atoms with Crippen molar-refractivity contribution in [2.75, 3.05) is 18.1 Å². The van der Waals surface area contributed by atoms with Gasteiger partial charge in [0.15, 0.2) is 9.84 Å². The van der Waals surface area contributed by atoms with Crippen molar-refractivity contribution in [3.8, 4) is 0 Å². The molecule has 22 heavy (non-hydrogen) atoms. The molecule has 6 nitrogen and oxygen atoms in total. The van der Waals surface area contributed by atoms with Crippen LogP contribution in [0, 0.1) is 0 Å². The van der Waals surface area contributed by atoms with Crippen molar-refractivity contribution in [2.45, 2.75) is 24.3 Å². The Kier molecular flexibility index (Phi) is 5.32. The first-order valence-electron chi connectivity index (χ1n) is 7.03. The van der Waals surface area contributed by atoms with E-state index in [1.165, 1.54) is 12.1 Å². The molecular formula is C15H19N3O3S. The molecule has 0 unspecified atom stereocenters. The maximum atomic E-state index is 11.6. The molecule has 0 aromatic carbocycles. The van der Waals surface area contributed by atoms with Crippen molar-refractivity contribution in [1.29, 1.82) is 0 Å². The standard InChI is InChI=1S/C15H19N3O3S/c1-22(20,21)13-7-6-10-17-15(13)16-9-3-5-12-18-11-4-2-8-14(18)19/h2,4,6-8,10-11H,3,5,9,12H2,1H3,(H,16,17). The molecule has 0 spiro atoms. The lowest BCUT2D eigenvalue weighted by Crippen LogP contribution is -2.18. The Balaban J connectivity index is 1.85. The highest BCUT2D eigenvalue weighted by Gasteiger charge is 2.13. The molecule has 2 heterocycles. The number of nitrogens with one attached hydrogen (secondary N) is 1. The van der Waals surface area contributed by atoms with E-state index in [0.29, 0.717) is 18.9 Å². The minimum atomic E-state index is -3.30. The second-order valence-electron chi connectivity index (χ2n) is 4.99. The van der Waals surface area contributed by atoms with Gasteiger partial charge in [-0.25, -0.2) is 13.4 Å². The largest absolute Gasteiger partial charge is 0.369 e. The SMILES string of the molecule is CS(=O)(=O)c1cccnc1NCCCCn1ccccc1=O. The molecule has 0 saturated carbocycles. The third-order valence-electron chi connectivity index (χ3n) is 3.19. The van der Waals surface area contributed by atoms with Gasteiger partial charge in [-0.1, -0.05) is 6.07 Å². The summed E-state index contributed by atoms with van der Waals surface area (Å²) in [7, 11) is -3.30. The summed E-state index contributed by atoms with van der Waals surface area (Å²) < 4.78 is 24.9. The van der Waals surface area contributed by atoms with Crippen molar-refractivity contribution in [3.05, 3.63) is 53.1 Å². The molecule has 0 saturated heterocycles. The Morgan fingerprint density at radius 1 is 1.18 bits per heavy atom. The Bertz CT molecular complexity index is 784. The van der Waals surface area contributed by atoms with E-state index in [-0.39, 0.29) is 10.5 Å². The fourth-order valence-electron chi connectivity index (χ4n) is 2.08. The van der Waals surface area contributed by atoms with Gasteiger partial charge in [-0.2, -0.15) is 0 Å². The lowest BCUT2D eigenvalue weighted by molar-refractivity contribution is 0.599. The number of anilines is 1. The second kappa shape index (κ2) is 7.22. The zero-order chi connectivity index (χ0) is 16.0. The highest BCUT2D eigenvalue weighted by Crippen LogP contribution is 2.17. The Morgan fingerprint density at radius 3 is 2.73 bits per heavy atom. The van der Waals surface area contributed by atoms with E-state index in [9.17, 15) is 13.2 Å². The molecule has 0 amide bonds. The third-order valence-corrected chi connectivity index (χ3v) is 4.32. The summed E-state index contributed by atoms with van der Waals surface area (Å²) in [5.41, 5.74) is -0.0143. The summed E-state index contributed by atoms with van der Waals surface area (Å²) in [6, 6.07) is 8.21. The summed E-state index contributed by atoms with van der Waals surface area (Å²) in [6.45, 7) is 1.24. The number of rotatable bonds is 7. The third kappa shape index (κ3) is 4.42. The lowest BCUT2D eigenvalue weighted by atomic mass is 10.3. The van der Waals surface area contributed by atoms with Crippen molar-refractivity contribution in [3.63, 3.8) is 0 Å². The molecule has 118 valence electrons. The van der Waals surface area contributed by atoms with Gasteiger partial charge in [-0.05, 0) is 31.0 Å². The zero-order valence-electron chi connectivity index (χ0n) is 12.4. The molecule has 0 fully saturated rings. The van der Waals surface area contributed by atoms with Gasteiger partial charge in [0.05, 0.1) is 0 Å². The predicted octanol–water partition coefficient (Wildman–Crippen LogP) is 1.54. The van der Waals surface area contributed by atoms with Crippen LogP contribution in [0.4, 0.5) is 5.82 Å². The summed E-state index contributed by atoms with van der Waals surface area (Å²) in [5, 5.41) is 3.04. The summed E-state index contributed by atoms with van der Waals surface area (Å²) >= 11 is 0. The first-order chi connectivity index (χ1) is 10.5. The van der Waals surface area contributed by atoms with E-state index in [1.54, 1.807) is 29.1 Å². The van der Waals surface area contributed by atoms with Crippen LogP contribution in [0.2, 0.25) is 0 Å². The van der Waals surface area contributed by atoms with Crippen LogP contribution in [0.5, 0.6) is 0 Å². The number of hydrogen-bond acceptors (Lipinski definition) is 5. The predicted molar refractivity (Wildman–Crippen MR) is 85.8 cm³/mol. The van der Waals surface area contributed by atoms with E-state index < -0.39 is 9.84 Å². The van der Waals surface area contributed by atoms with Crippen molar-refractivity contribution in [2.24, 2.45) is 0 Å². The normalized spacial score (nSPS) is 11.3. The number of unbranched alkanes of at least 4 members (excludes halogenated alkanes) is 1. The molecule has 2 aromatic heterocycles. The molecule has 1 N–H and O–H groups in total. The summed E-state index contributed by atoms with van der Waals surface area (Å²) in [6.07, 6.45) is 6.10. The zero-order valence-corrected chi connectivity index (χ0v) is 13.2. The van der Waals surface area contributed by atoms with E-state index in [0.717, 1.165) is 19.1 Å². The van der Waals surface area contributed by atoms with Crippen LogP contribution in [0.3, 0.4) is 0 Å². The van der Waals surface area contributed by atoms with E-state index in [4.69, 9.17) is 0 Å². The van der Waals surface area contributed by atoms with E-state index >= 15 is 0 Å². The van der Waals surface area contributed by atoms with Crippen LogP contribution in [0.15, 0.2) is 52.4 Å². The van der Waals surface area contributed by atoms with E-state index in [2.05, 4.69) is 10.3 Å².